The van der Waals surface area contributed by atoms with Crippen LogP contribution in [0.5, 0.6) is 0 Å². The van der Waals surface area contributed by atoms with Crippen molar-refractivity contribution in [3.05, 3.63) is 29.8 Å². The van der Waals surface area contributed by atoms with E-state index in [0.29, 0.717) is 19.4 Å². The predicted molar refractivity (Wildman–Crippen MR) is 122 cm³/mol. The molecule has 0 aliphatic heterocycles. The molecule has 0 unspecified atom stereocenters. The molecule has 0 saturated heterocycles. The van der Waals surface area contributed by atoms with Gasteiger partial charge in [-0.25, -0.2) is 8.42 Å². The second-order valence-corrected chi connectivity index (χ2v) is 10.4. The van der Waals surface area contributed by atoms with Crippen LogP contribution in [0.4, 0.5) is 13.2 Å². The lowest BCUT2D eigenvalue weighted by Crippen LogP contribution is -2.43. The third-order valence-electron chi connectivity index (χ3n) is 6.12. The van der Waals surface area contributed by atoms with Crippen molar-refractivity contribution >= 4 is 10.0 Å². The molecule has 1 saturated carbocycles. The van der Waals surface area contributed by atoms with Gasteiger partial charge in [-0.15, -0.1) is 0 Å². The van der Waals surface area contributed by atoms with Crippen molar-refractivity contribution in [1.82, 2.24) is 9.21 Å². The van der Waals surface area contributed by atoms with Crippen LogP contribution in [-0.2, 0) is 25.7 Å². The van der Waals surface area contributed by atoms with E-state index in [0.717, 1.165) is 69.6 Å². The minimum absolute atomic E-state index is 0.105. The number of ether oxygens (including phenoxy) is 2. The zero-order chi connectivity index (χ0) is 24.5. The molecule has 33 heavy (non-hydrogen) atoms. The molecule has 0 spiro atoms. The summed E-state index contributed by atoms with van der Waals surface area (Å²) in [5, 5.41) is 0. The molecule has 1 aliphatic rings. The van der Waals surface area contributed by atoms with Crippen molar-refractivity contribution in [3.8, 4) is 0 Å². The van der Waals surface area contributed by atoms with Crippen LogP contribution in [0.2, 0.25) is 0 Å². The summed E-state index contributed by atoms with van der Waals surface area (Å²) in [6, 6.07) is 3.56. The maximum absolute atomic E-state index is 13.1. The molecule has 10 heteroatoms. The molecule has 0 N–H and O–H groups in total. The number of alkyl halides is 3. The highest BCUT2D eigenvalue weighted by molar-refractivity contribution is 7.89. The Hall–Kier alpha value is -1.20. The molecule has 0 amide bonds. The summed E-state index contributed by atoms with van der Waals surface area (Å²) in [7, 11) is -0.0946. The van der Waals surface area contributed by atoms with Crippen LogP contribution in [0, 0.1) is 0 Å². The fourth-order valence-electron chi connectivity index (χ4n) is 4.17. The molecule has 6 nitrogen and oxygen atoms in total. The first-order valence-electron chi connectivity index (χ1n) is 11.6. The van der Waals surface area contributed by atoms with Gasteiger partial charge in [0.05, 0.1) is 23.2 Å². The second-order valence-electron chi connectivity index (χ2n) is 8.54. The van der Waals surface area contributed by atoms with Gasteiger partial charge in [-0.05, 0) is 76.4 Å². The van der Waals surface area contributed by atoms with Gasteiger partial charge in [0, 0.05) is 32.8 Å². The molecule has 0 bridgehead atoms. The lowest BCUT2D eigenvalue weighted by atomic mass is 9.93. The highest BCUT2D eigenvalue weighted by atomic mass is 32.2. The molecule has 1 fully saturated rings. The normalized spacial score (nSPS) is 20.0. The van der Waals surface area contributed by atoms with Gasteiger partial charge in [-0.2, -0.15) is 17.5 Å². The number of hydrogen-bond acceptors (Lipinski definition) is 5. The van der Waals surface area contributed by atoms with E-state index in [2.05, 4.69) is 11.9 Å². The zero-order valence-electron chi connectivity index (χ0n) is 19.8. The Labute approximate surface area is 196 Å². The number of unbranched alkanes of at least 4 members (excludes halogenated alkanes) is 1. The van der Waals surface area contributed by atoms with Crippen molar-refractivity contribution < 1.29 is 31.1 Å². The quantitative estimate of drug-likeness (QED) is 0.381. The summed E-state index contributed by atoms with van der Waals surface area (Å²) in [5.74, 6) is 0. The minimum Gasteiger partial charge on any atom is -0.383 e. The molecule has 1 aromatic carbocycles. The van der Waals surface area contributed by atoms with Crippen LogP contribution in [-0.4, -0.2) is 76.8 Å². The maximum atomic E-state index is 13.1. The number of rotatable bonds is 13. The Bertz CT molecular complexity index is 795. The molecule has 190 valence electrons. The molecule has 1 aliphatic carbocycles. The van der Waals surface area contributed by atoms with Crippen molar-refractivity contribution in [2.45, 2.75) is 68.7 Å². The van der Waals surface area contributed by atoms with Crippen molar-refractivity contribution in [3.63, 3.8) is 0 Å². The van der Waals surface area contributed by atoms with E-state index in [4.69, 9.17) is 9.47 Å². The summed E-state index contributed by atoms with van der Waals surface area (Å²) in [4.78, 5) is 2.12. The van der Waals surface area contributed by atoms with Crippen LogP contribution in [0.1, 0.15) is 51.0 Å². The maximum Gasteiger partial charge on any atom is 0.416 e. The Morgan fingerprint density at radius 1 is 1.00 bits per heavy atom. The predicted octanol–water partition coefficient (Wildman–Crippen LogP) is 4.40. The van der Waals surface area contributed by atoms with E-state index >= 15 is 0 Å². The number of methoxy groups -OCH3 is 1. The van der Waals surface area contributed by atoms with Gasteiger partial charge in [0.1, 0.15) is 0 Å². The number of nitrogens with zero attached hydrogens (tertiary/aromatic N) is 2. The van der Waals surface area contributed by atoms with Gasteiger partial charge >= 0.3 is 6.18 Å². The first kappa shape index (κ1) is 28.0. The lowest BCUT2D eigenvalue weighted by Gasteiger charge is -2.35. The molecule has 0 radical (unpaired) electrons. The van der Waals surface area contributed by atoms with E-state index in [1.807, 2.05) is 0 Å². The van der Waals surface area contributed by atoms with Gasteiger partial charge < -0.3 is 14.4 Å². The number of hydrogen-bond donors (Lipinski definition) is 0. The third kappa shape index (κ3) is 8.51. The Balaban J connectivity index is 1.81. The summed E-state index contributed by atoms with van der Waals surface area (Å²) in [6.45, 7) is 5.34. The van der Waals surface area contributed by atoms with Gasteiger partial charge in [0.25, 0.3) is 0 Å². The van der Waals surface area contributed by atoms with Crippen LogP contribution in [0.25, 0.3) is 0 Å². The fourth-order valence-corrected chi connectivity index (χ4v) is 5.86. The van der Waals surface area contributed by atoms with Crippen LogP contribution in [0.3, 0.4) is 0 Å². The van der Waals surface area contributed by atoms with E-state index in [-0.39, 0.29) is 23.6 Å². The number of halogens is 3. The van der Waals surface area contributed by atoms with Gasteiger partial charge in [-0.3, -0.25) is 0 Å². The number of benzene rings is 1. The second kappa shape index (κ2) is 13.0. The van der Waals surface area contributed by atoms with Gasteiger partial charge in [0.15, 0.2) is 0 Å². The molecule has 0 atom stereocenters. The third-order valence-corrected chi connectivity index (χ3v) is 8.16. The van der Waals surface area contributed by atoms with Gasteiger partial charge in [-0.1, -0.05) is 6.92 Å². The van der Waals surface area contributed by atoms with Crippen molar-refractivity contribution in [2.75, 3.05) is 47.0 Å². The Kier molecular flexibility index (Phi) is 11.1. The van der Waals surface area contributed by atoms with E-state index in [1.54, 1.807) is 14.0 Å². The Morgan fingerprint density at radius 3 is 2.18 bits per heavy atom. The summed E-state index contributed by atoms with van der Waals surface area (Å²) >= 11 is 0. The number of sulfonamides is 1. The monoisotopic (exact) mass is 494 g/mol. The molecule has 1 aromatic rings. The summed E-state index contributed by atoms with van der Waals surface area (Å²) in [6.07, 6.45) is 0.557. The highest BCUT2D eigenvalue weighted by Crippen LogP contribution is 2.32. The van der Waals surface area contributed by atoms with Crippen molar-refractivity contribution in [2.24, 2.45) is 0 Å². The fraction of sp³-hybridized carbons (Fsp3) is 0.739. The van der Waals surface area contributed by atoms with E-state index in [1.165, 1.54) is 4.31 Å². The first-order chi connectivity index (χ1) is 15.6. The number of likely N-dealkylation sites (N-methyl/N-ethyl adjacent to an activating group) is 1. The average Bonchev–Trinajstić information content (AvgIpc) is 2.78. The van der Waals surface area contributed by atoms with Crippen LogP contribution in [0.15, 0.2) is 29.2 Å². The average molecular weight is 495 g/mol. The van der Waals surface area contributed by atoms with Crippen LogP contribution >= 0.6 is 0 Å². The summed E-state index contributed by atoms with van der Waals surface area (Å²) in [5.41, 5.74) is -0.858. The highest BCUT2D eigenvalue weighted by Gasteiger charge is 2.35. The molecule has 2 rings (SSSR count). The largest absolute Gasteiger partial charge is 0.416 e. The first-order valence-corrected chi connectivity index (χ1v) is 13.0. The SMILES string of the molecule is CCN([C@H]1CC[C@H](OCCCCN(C)CCOC)CC1)S(=O)(=O)c1ccc(C(F)(F)F)cc1. The lowest BCUT2D eigenvalue weighted by molar-refractivity contribution is -0.137. The van der Waals surface area contributed by atoms with E-state index < -0.39 is 21.8 Å². The summed E-state index contributed by atoms with van der Waals surface area (Å²) < 4.78 is 77.0. The van der Waals surface area contributed by atoms with Gasteiger partial charge in [0.2, 0.25) is 10.0 Å². The van der Waals surface area contributed by atoms with E-state index in [9.17, 15) is 21.6 Å². The molecular weight excluding hydrogens is 457 g/mol. The molecule has 0 aromatic heterocycles. The zero-order valence-corrected chi connectivity index (χ0v) is 20.6. The van der Waals surface area contributed by atoms with Crippen LogP contribution < -0.4 is 0 Å². The molecule has 0 heterocycles. The Morgan fingerprint density at radius 2 is 1.64 bits per heavy atom. The molecular formula is C23H37F3N2O4S. The smallest absolute Gasteiger partial charge is 0.383 e. The van der Waals surface area contributed by atoms with Crippen molar-refractivity contribution in [1.29, 1.82) is 0 Å². The minimum atomic E-state index is -4.49. The standard InChI is InChI=1S/C23H37F3N2O4S/c1-4-28(33(29,30)22-13-7-19(8-14-22)23(24,25)26)20-9-11-21(12-10-20)32-17-6-5-15-27(2)16-18-31-3/h7-8,13-14,20-21H,4-6,9-12,15-18H2,1-3H3/t20-,21-. The topological polar surface area (TPSA) is 59.1 Å².